The number of carboxylic acids is 1. The van der Waals surface area contributed by atoms with Crippen molar-refractivity contribution in [2.45, 2.75) is 71.7 Å². The number of hydrogen-bond donors (Lipinski definition) is 2. The van der Waals surface area contributed by atoms with Gasteiger partial charge in [-0.15, -0.1) is 0 Å². The highest BCUT2D eigenvalue weighted by Crippen LogP contribution is 2.51. The molecule has 38 heavy (non-hydrogen) atoms. The standard InChI is InChI=1S/C25H32FN3O2.C2HF3O2/c1-24(2,3)31-23(30)27-13-12-18-6-5-7-19-14-21-22(17-8-10-20(26)11-9-17)28-16-29(21)15-25(18,19)4;3-2(4,5)1(6)7/h8-11,14,16,18H,5-7,12-13,15H2,1-4H3,(H,27,30);(H,6,7)/t18-,25-;/m1./s1. The molecule has 7 nitrogen and oxygen atoms in total. The third-order valence-corrected chi connectivity index (χ3v) is 6.84. The molecule has 2 atom stereocenters. The molecule has 1 aliphatic heterocycles. The van der Waals surface area contributed by atoms with E-state index in [2.05, 4.69) is 27.9 Å². The number of hydrogen-bond acceptors (Lipinski definition) is 4. The van der Waals surface area contributed by atoms with E-state index in [-0.39, 0.29) is 17.3 Å². The topological polar surface area (TPSA) is 93.5 Å². The van der Waals surface area contributed by atoms with Crippen molar-refractivity contribution in [2.24, 2.45) is 11.3 Å². The molecular weight excluding hydrogens is 506 g/mol. The highest BCUT2D eigenvalue weighted by molar-refractivity contribution is 5.73. The summed E-state index contributed by atoms with van der Waals surface area (Å²) < 4.78 is 52.7. The lowest BCUT2D eigenvalue weighted by Crippen LogP contribution is -2.41. The number of rotatable bonds is 4. The molecule has 1 aliphatic carbocycles. The number of alkyl halides is 3. The van der Waals surface area contributed by atoms with Crippen molar-refractivity contribution in [2.75, 3.05) is 6.54 Å². The Balaban J connectivity index is 0.000000505. The summed E-state index contributed by atoms with van der Waals surface area (Å²) in [5.41, 5.74) is 3.96. The molecule has 1 saturated carbocycles. The number of carboxylic acid groups (broad SMARTS) is 1. The van der Waals surface area contributed by atoms with E-state index in [4.69, 9.17) is 14.6 Å². The first-order chi connectivity index (χ1) is 17.6. The number of amides is 1. The molecular formula is C27H33F4N3O4. The first kappa shape index (κ1) is 29.2. The van der Waals surface area contributed by atoms with Gasteiger partial charge in [0.05, 0.1) is 17.7 Å². The van der Waals surface area contributed by atoms with Crippen LogP contribution in [-0.2, 0) is 16.1 Å². The van der Waals surface area contributed by atoms with Crippen molar-refractivity contribution >= 4 is 18.1 Å². The normalized spacial score (nSPS) is 20.7. The Morgan fingerprint density at radius 2 is 1.84 bits per heavy atom. The van der Waals surface area contributed by atoms with Gasteiger partial charge >= 0.3 is 18.2 Å². The van der Waals surface area contributed by atoms with Crippen LogP contribution in [0.4, 0.5) is 22.4 Å². The van der Waals surface area contributed by atoms with Crippen LogP contribution in [-0.4, -0.2) is 45.0 Å². The summed E-state index contributed by atoms with van der Waals surface area (Å²) in [4.78, 5) is 25.6. The van der Waals surface area contributed by atoms with Gasteiger partial charge < -0.3 is 19.7 Å². The summed E-state index contributed by atoms with van der Waals surface area (Å²) >= 11 is 0. The highest BCUT2D eigenvalue weighted by atomic mass is 19.4. The molecule has 0 spiro atoms. The van der Waals surface area contributed by atoms with Gasteiger partial charge in [-0.1, -0.05) is 12.5 Å². The van der Waals surface area contributed by atoms with Crippen molar-refractivity contribution < 1.29 is 37.0 Å². The average molecular weight is 540 g/mol. The molecule has 0 unspecified atom stereocenters. The lowest BCUT2D eigenvalue weighted by molar-refractivity contribution is -0.192. The van der Waals surface area contributed by atoms with Gasteiger partial charge in [0.15, 0.2) is 0 Å². The van der Waals surface area contributed by atoms with E-state index < -0.39 is 17.7 Å². The minimum Gasteiger partial charge on any atom is -0.475 e. The second kappa shape index (κ2) is 11.2. The van der Waals surface area contributed by atoms with Gasteiger partial charge in [-0.25, -0.2) is 19.0 Å². The zero-order valence-electron chi connectivity index (χ0n) is 21.9. The molecule has 1 aromatic heterocycles. The van der Waals surface area contributed by atoms with Crippen molar-refractivity contribution in [3.63, 3.8) is 0 Å². The molecule has 1 aromatic carbocycles. The average Bonchev–Trinajstić information content (AvgIpc) is 3.19. The monoisotopic (exact) mass is 539 g/mol. The zero-order valence-corrected chi connectivity index (χ0v) is 21.9. The smallest absolute Gasteiger partial charge is 0.475 e. The lowest BCUT2D eigenvalue weighted by atomic mass is 9.62. The van der Waals surface area contributed by atoms with Crippen molar-refractivity contribution in [3.05, 3.63) is 47.7 Å². The fraction of sp³-hybridized carbons (Fsp3) is 0.519. The molecule has 2 aromatic rings. The number of carbonyl (C=O) groups excluding carboxylic acids is 1. The van der Waals surface area contributed by atoms with Gasteiger partial charge in [0.2, 0.25) is 0 Å². The molecule has 208 valence electrons. The number of nitrogens with zero attached hydrogens (tertiary/aromatic N) is 2. The second-order valence-electron chi connectivity index (χ2n) is 10.8. The maximum Gasteiger partial charge on any atom is 0.490 e. The number of fused-ring (bicyclic) bond motifs is 2. The molecule has 1 amide bonds. The van der Waals surface area contributed by atoms with E-state index in [1.807, 2.05) is 27.1 Å². The Bertz CT molecular complexity index is 1180. The van der Waals surface area contributed by atoms with Crippen LogP contribution in [0, 0.1) is 17.2 Å². The quantitative estimate of drug-likeness (QED) is 0.436. The van der Waals surface area contributed by atoms with E-state index in [1.54, 1.807) is 12.1 Å². The second-order valence-corrected chi connectivity index (χ2v) is 10.8. The zero-order chi connectivity index (χ0) is 28.3. The van der Waals surface area contributed by atoms with E-state index in [9.17, 15) is 22.4 Å². The summed E-state index contributed by atoms with van der Waals surface area (Å²) in [7, 11) is 0. The number of imidazole rings is 1. The lowest BCUT2D eigenvalue weighted by Gasteiger charge is -2.46. The number of aliphatic carboxylic acids is 1. The van der Waals surface area contributed by atoms with Gasteiger partial charge in [-0.2, -0.15) is 13.2 Å². The first-order valence-electron chi connectivity index (χ1n) is 12.4. The highest BCUT2D eigenvalue weighted by Gasteiger charge is 2.43. The SMILES string of the molecule is CC(C)(C)OC(=O)NCC[C@H]1CCCC2=Cc3c(-c4ccc(F)cc4)ncn3C[C@@]21C.O=C(O)C(F)(F)F. The predicted molar refractivity (Wildman–Crippen MR) is 134 cm³/mol. The Morgan fingerprint density at radius 1 is 1.21 bits per heavy atom. The third-order valence-electron chi connectivity index (χ3n) is 6.84. The van der Waals surface area contributed by atoms with E-state index in [1.165, 1.54) is 17.7 Å². The largest absolute Gasteiger partial charge is 0.490 e. The van der Waals surface area contributed by atoms with Crippen LogP contribution < -0.4 is 5.32 Å². The first-order valence-corrected chi connectivity index (χ1v) is 12.4. The van der Waals surface area contributed by atoms with Crippen LogP contribution in [0.2, 0.25) is 0 Å². The number of alkyl carbamates (subject to hydrolysis) is 1. The summed E-state index contributed by atoms with van der Waals surface area (Å²) in [6, 6.07) is 6.54. The predicted octanol–water partition coefficient (Wildman–Crippen LogP) is 6.44. The molecule has 2 heterocycles. The van der Waals surface area contributed by atoms with Gasteiger partial charge in [-0.05, 0) is 82.7 Å². The van der Waals surface area contributed by atoms with Crippen LogP contribution in [0.5, 0.6) is 0 Å². The summed E-state index contributed by atoms with van der Waals surface area (Å²) in [6.45, 7) is 9.44. The van der Waals surface area contributed by atoms with E-state index in [0.29, 0.717) is 12.5 Å². The van der Waals surface area contributed by atoms with Crippen LogP contribution in [0.1, 0.15) is 59.1 Å². The van der Waals surface area contributed by atoms with Crippen molar-refractivity contribution in [1.29, 1.82) is 0 Å². The van der Waals surface area contributed by atoms with Crippen molar-refractivity contribution in [3.8, 4) is 11.3 Å². The maximum atomic E-state index is 13.3. The van der Waals surface area contributed by atoms with Gasteiger partial charge in [0, 0.05) is 24.1 Å². The van der Waals surface area contributed by atoms with Gasteiger partial charge in [0.1, 0.15) is 11.4 Å². The Hall–Kier alpha value is -3.37. The molecule has 1 fully saturated rings. The molecule has 0 saturated heterocycles. The Kier molecular flexibility index (Phi) is 8.58. The van der Waals surface area contributed by atoms with Crippen LogP contribution in [0.15, 0.2) is 36.2 Å². The van der Waals surface area contributed by atoms with Crippen LogP contribution >= 0.6 is 0 Å². The van der Waals surface area contributed by atoms with E-state index >= 15 is 0 Å². The maximum absolute atomic E-state index is 13.3. The summed E-state index contributed by atoms with van der Waals surface area (Å²) in [6.07, 6.45) is 3.06. The fourth-order valence-corrected chi connectivity index (χ4v) is 5.02. The van der Waals surface area contributed by atoms with Crippen molar-refractivity contribution in [1.82, 2.24) is 14.9 Å². The number of benzene rings is 1. The molecule has 4 rings (SSSR count). The summed E-state index contributed by atoms with van der Waals surface area (Å²) in [5.74, 6) is -2.52. The fourth-order valence-electron chi connectivity index (χ4n) is 5.02. The number of aromatic nitrogens is 2. The minimum absolute atomic E-state index is 0.0433. The summed E-state index contributed by atoms with van der Waals surface area (Å²) in [5, 5.41) is 10.0. The van der Waals surface area contributed by atoms with Gasteiger partial charge in [-0.3, -0.25) is 0 Å². The Labute approximate surface area is 218 Å². The molecule has 2 aliphatic rings. The number of halogens is 4. The minimum atomic E-state index is -5.08. The Morgan fingerprint density at radius 3 is 2.42 bits per heavy atom. The molecule has 0 bridgehead atoms. The number of nitrogens with one attached hydrogen (secondary N) is 1. The molecule has 0 radical (unpaired) electrons. The molecule has 2 N–H and O–H groups in total. The van der Waals surface area contributed by atoms with Crippen LogP contribution in [0.25, 0.3) is 17.3 Å². The van der Waals surface area contributed by atoms with E-state index in [0.717, 1.165) is 49.2 Å². The van der Waals surface area contributed by atoms with Gasteiger partial charge in [0.25, 0.3) is 0 Å². The third kappa shape index (κ3) is 7.14. The number of ether oxygens (including phenoxy) is 1. The van der Waals surface area contributed by atoms with Crippen LogP contribution in [0.3, 0.4) is 0 Å². The number of allylic oxidation sites excluding steroid dienone is 1. The number of carbonyl (C=O) groups is 2. The molecule has 11 heteroatoms.